The van der Waals surface area contributed by atoms with Gasteiger partial charge in [-0.05, 0) is 12.1 Å². The molecule has 0 amide bonds. The van der Waals surface area contributed by atoms with Crippen LogP contribution in [-0.2, 0) is 0 Å². The largest absolute Gasteiger partial charge is 0.504 e. The van der Waals surface area contributed by atoms with Gasteiger partial charge in [-0.1, -0.05) is 0 Å². The Bertz CT molecular complexity index is 480. The third-order valence-corrected chi connectivity index (χ3v) is 2.52. The first kappa shape index (κ1) is 14.0. The Labute approximate surface area is 104 Å². The molecule has 0 saturated heterocycles. The van der Waals surface area contributed by atoms with Gasteiger partial charge >= 0.3 is 0 Å². The number of aliphatic hydroxyl groups excluding tert-OH is 2. The van der Waals surface area contributed by atoms with Gasteiger partial charge in [0, 0.05) is 11.1 Å². The first-order chi connectivity index (χ1) is 8.56. The number of aliphatic hydroxyl groups is 2. The lowest BCUT2D eigenvalue weighted by Crippen LogP contribution is -2.19. The third-order valence-electron chi connectivity index (χ3n) is 2.52. The molecule has 0 fully saturated rings. The lowest BCUT2D eigenvalue weighted by molar-refractivity contribution is 0.0197. The maximum atomic E-state index is 10.9. The van der Waals surface area contributed by atoms with E-state index in [1.165, 1.54) is 19.2 Å². The van der Waals surface area contributed by atoms with Crippen molar-refractivity contribution < 1.29 is 24.9 Å². The topological polar surface area (TPSA) is 111 Å². The standard InChI is InChI=1S/C12H13NO5/c1-18-9-3-2-7(6-14)10(12(9)17)11(16)8(15)4-5-13/h2-3,6,8,11,15-17H,4H2,1H3. The Morgan fingerprint density at radius 1 is 1.50 bits per heavy atom. The molecular weight excluding hydrogens is 238 g/mol. The molecule has 2 unspecified atom stereocenters. The number of hydrogen-bond donors (Lipinski definition) is 3. The predicted molar refractivity (Wildman–Crippen MR) is 61.2 cm³/mol. The minimum absolute atomic E-state index is 0.0257. The van der Waals surface area contributed by atoms with Crippen LogP contribution in [0.2, 0.25) is 0 Å². The highest BCUT2D eigenvalue weighted by Gasteiger charge is 2.26. The molecule has 2 atom stereocenters. The first-order valence-electron chi connectivity index (χ1n) is 5.14. The summed E-state index contributed by atoms with van der Waals surface area (Å²) in [6, 6.07) is 4.41. The zero-order valence-electron chi connectivity index (χ0n) is 9.70. The van der Waals surface area contributed by atoms with E-state index in [4.69, 9.17) is 10.00 Å². The number of phenolic OH excluding ortho intramolecular Hbond substituents is 1. The molecule has 1 rings (SSSR count). The smallest absolute Gasteiger partial charge is 0.164 e. The fourth-order valence-corrected chi connectivity index (χ4v) is 1.58. The minimum atomic E-state index is -1.54. The molecule has 18 heavy (non-hydrogen) atoms. The molecule has 0 saturated carbocycles. The van der Waals surface area contributed by atoms with Crippen molar-refractivity contribution in [2.45, 2.75) is 18.6 Å². The van der Waals surface area contributed by atoms with Crippen LogP contribution in [0.25, 0.3) is 0 Å². The number of phenols is 1. The Hall–Kier alpha value is -2.10. The normalized spacial score (nSPS) is 13.4. The molecule has 6 nitrogen and oxygen atoms in total. The fourth-order valence-electron chi connectivity index (χ4n) is 1.58. The zero-order valence-corrected chi connectivity index (χ0v) is 9.70. The fraction of sp³-hybridized carbons (Fsp3) is 0.333. The second kappa shape index (κ2) is 6.00. The molecule has 0 spiro atoms. The first-order valence-corrected chi connectivity index (χ1v) is 5.14. The number of aldehydes is 1. The minimum Gasteiger partial charge on any atom is -0.504 e. The molecule has 0 aliphatic carbocycles. The van der Waals surface area contributed by atoms with Gasteiger partial charge in [-0.15, -0.1) is 0 Å². The Balaban J connectivity index is 3.28. The Morgan fingerprint density at radius 2 is 2.17 bits per heavy atom. The van der Waals surface area contributed by atoms with Crippen LogP contribution in [0, 0.1) is 11.3 Å². The molecule has 0 radical (unpaired) electrons. The lowest BCUT2D eigenvalue weighted by atomic mass is 9.96. The summed E-state index contributed by atoms with van der Waals surface area (Å²) in [6.07, 6.45) is -2.82. The van der Waals surface area contributed by atoms with E-state index < -0.39 is 18.0 Å². The number of carbonyl (C=O) groups is 1. The number of carbonyl (C=O) groups excluding carboxylic acids is 1. The number of ether oxygens (including phenoxy) is 1. The highest BCUT2D eigenvalue weighted by molar-refractivity contribution is 5.80. The monoisotopic (exact) mass is 251 g/mol. The van der Waals surface area contributed by atoms with Crippen molar-refractivity contribution in [3.05, 3.63) is 23.3 Å². The van der Waals surface area contributed by atoms with Crippen LogP contribution in [-0.4, -0.2) is 34.8 Å². The van der Waals surface area contributed by atoms with Crippen molar-refractivity contribution in [2.75, 3.05) is 7.11 Å². The van der Waals surface area contributed by atoms with E-state index in [9.17, 15) is 20.1 Å². The quantitative estimate of drug-likeness (QED) is 0.658. The second-order valence-electron chi connectivity index (χ2n) is 3.61. The summed E-state index contributed by atoms with van der Waals surface area (Å²) >= 11 is 0. The maximum absolute atomic E-state index is 10.9. The molecule has 0 aliphatic rings. The van der Waals surface area contributed by atoms with E-state index in [2.05, 4.69) is 0 Å². The number of nitriles is 1. The third kappa shape index (κ3) is 2.59. The van der Waals surface area contributed by atoms with Gasteiger partial charge in [-0.25, -0.2) is 0 Å². The van der Waals surface area contributed by atoms with Crippen molar-refractivity contribution in [2.24, 2.45) is 0 Å². The average Bonchev–Trinajstić information content (AvgIpc) is 2.37. The molecule has 96 valence electrons. The van der Waals surface area contributed by atoms with Gasteiger partial charge < -0.3 is 20.1 Å². The van der Waals surface area contributed by atoms with E-state index in [-0.39, 0.29) is 23.3 Å². The van der Waals surface area contributed by atoms with Crippen LogP contribution < -0.4 is 4.74 Å². The van der Waals surface area contributed by atoms with Crippen molar-refractivity contribution in [1.82, 2.24) is 0 Å². The van der Waals surface area contributed by atoms with E-state index in [0.29, 0.717) is 6.29 Å². The molecule has 6 heteroatoms. The van der Waals surface area contributed by atoms with E-state index in [1.807, 2.05) is 0 Å². The molecule has 0 heterocycles. The summed E-state index contributed by atoms with van der Waals surface area (Å²) in [7, 11) is 1.32. The van der Waals surface area contributed by atoms with Gasteiger partial charge in [0.1, 0.15) is 6.10 Å². The molecule has 0 aliphatic heterocycles. The number of benzene rings is 1. The summed E-state index contributed by atoms with van der Waals surface area (Å²) in [5.74, 6) is -0.356. The van der Waals surface area contributed by atoms with Crippen LogP contribution in [0.3, 0.4) is 0 Å². The van der Waals surface area contributed by atoms with Crippen LogP contribution in [0.5, 0.6) is 11.5 Å². The van der Waals surface area contributed by atoms with Crippen molar-refractivity contribution in [3.63, 3.8) is 0 Å². The van der Waals surface area contributed by atoms with Crippen LogP contribution in [0.15, 0.2) is 12.1 Å². The van der Waals surface area contributed by atoms with Crippen molar-refractivity contribution in [3.8, 4) is 17.6 Å². The van der Waals surface area contributed by atoms with Gasteiger partial charge in [-0.2, -0.15) is 5.26 Å². The van der Waals surface area contributed by atoms with Gasteiger partial charge in [0.15, 0.2) is 17.8 Å². The summed E-state index contributed by atoms with van der Waals surface area (Å²) in [5.41, 5.74) is -0.120. The molecule has 0 aromatic heterocycles. The highest BCUT2D eigenvalue weighted by Crippen LogP contribution is 2.37. The van der Waals surface area contributed by atoms with E-state index in [1.54, 1.807) is 6.07 Å². The van der Waals surface area contributed by atoms with Gasteiger partial charge in [0.05, 0.1) is 25.7 Å². The number of methoxy groups -OCH3 is 1. The summed E-state index contributed by atoms with van der Waals surface area (Å²) < 4.78 is 4.85. The molecule has 1 aromatic carbocycles. The van der Waals surface area contributed by atoms with Crippen molar-refractivity contribution in [1.29, 1.82) is 5.26 Å². The highest BCUT2D eigenvalue weighted by atomic mass is 16.5. The zero-order chi connectivity index (χ0) is 13.7. The summed E-state index contributed by atoms with van der Waals surface area (Å²) in [5, 5.41) is 37.7. The number of nitrogens with zero attached hydrogens (tertiary/aromatic N) is 1. The molecule has 1 aromatic rings. The summed E-state index contributed by atoms with van der Waals surface area (Å²) in [4.78, 5) is 10.9. The predicted octanol–water partition coefficient (Wildman–Crippen LogP) is 0.521. The Kier molecular flexibility index (Phi) is 4.66. The lowest BCUT2D eigenvalue weighted by Gasteiger charge is -2.19. The maximum Gasteiger partial charge on any atom is 0.164 e. The Morgan fingerprint density at radius 3 is 2.67 bits per heavy atom. The molecular formula is C12H13NO5. The van der Waals surface area contributed by atoms with Gasteiger partial charge in [0.25, 0.3) is 0 Å². The second-order valence-corrected chi connectivity index (χ2v) is 3.61. The van der Waals surface area contributed by atoms with Crippen LogP contribution in [0.1, 0.15) is 28.4 Å². The number of aromatic hydroxyl groups is 1. The van der Waals surface area contributed by atoms with Crippen LogP contribution in [0.4, 0.5) is 0 Å². The van der Waals surface area contributed by atoms with Crippen molar-refractivity contribution >= 4 is 6.29 Å². The number of rotatable bonds is 5. The average molecular weight is 251 g/mol. The van der Waals surface area contributed by atoms with E-state index >= 15 is 0 Å². The molecule has 3 N–H and O–H groups in total. The van der Waals surface area contributed by atoms with Crippen LogP contribution >= 0.6 is 0 Å². The molecule has 0 bridgehead atoms. The van der Waals surface area contributed by atoms with Gasteiger partial charge in [-0.3, -0.25) is 4.79 Å². The summed E-state index contributed by atoms with van der Waals surface area (Å²) in [6.45, 7) is 0. The number of hydrogen-bond acceptors (Lipinski definition) is 6. The van der Waals surface area contributed by atoms with Gasteiger partial charge in [0.2, 0.25) is 0 Å². The van der Waals surface area contributed by atoms with E-state index in [0.717, 1.165) is 0 Å². The SMILES string of the molecule is COc1ccc(C=O)c(C(O)C(O)CC#N)c1O.